The van der Waals surface area contributed by atoms with Crippen molar-refractivity contribution < 1.29 is 42.8 Å². The number of rotatable bonds is 17. The highest BCUT2D eigenvalue weighted by Gasteiger charge is 2.41. The monoisotopic (exact) mass is 1300 g/mol. The van der Waals surface area contributed by atoms with Crippen molar-refractivity contribution in [3.05, 3.63) is 145 Å². The molecule has 464 valence electrons. The van der Waals surface area contributed by atoms with Gasteiger partial charge in [0.1, 0.15) is 23.2 Å². The molecule has 88 heavy (non-hydrogen) atoms. The second-order valence-electron chi connectivity index (χ2n) is 25.4. The first kappa shape index (κ1) is 61.5. The van der Waals surface area contributed by atoms with E-state index >= 15 is 0 Å². The summed E-state index contributed by atoms with van der Waals surface area (Å²) in [5.41, 5.74) is 8.25. The summed E-state index contributed by atoms with van der Waals surface area (Å²) in [5, 5.41) is 29.1. The van der Waals surface area contributed by atoms with E-state index in [2.05, 4.69) is 99.8 Å². The smallest absolute Gasteiger partial charge is 0.268 e. The number of piperidine rings is 1. The van der Waals surface area contributed by atoms with Crippen LogP contribution in [-0.4, -0.2) is 144 Å². The number of carbonyl (C=O) groups excluding carboxylic acids is 4. The lowest BCUT2D eigenvalue weighted by atomic mass is 9.72. The van der Waals surface area contributed by atoms with E-state index < -0.39 is 33.1 Å². The normalized spacial score (nSPS) is 22.6. The van der Waals surface area contributed by atoms with E-state index in [9.17, 15) is 38.0 Å². The predicted octanol–water partition coefficient (Wildman–Crippen LogP) is 9.02. The van der Waals surface area contributed by atoms with E-state index in [-0.39, 0.29) is 63.2 Å². The van der Waals surface area contributed by atoms with Crippen LogP contribution in [0.1, 0.15) is 116 Å². The molecule has 4 fully saturated rings. The molecule has 3 saturated heterocycles. The Bertz CT molecular complexity index is 3810. The van der Waals surface area contributed by atoms with Gasteiger partial charge in [-0.15, -0.1) is 0 Å². The molecule has 0 spiro atoms. The van der Waals surface area contributed by atoms with Gasteiger partial charge in [-0.25, -0.2) is 23.3 Å². The predicted molar refractivity (Wildman–Crippen MR) is 340 cm³/mol. The van der Waals surface area contributed by atoms with Crippen molar-refractivity contribution >= 4 is 94.9 Å². The van der Waals surface area contributed by atoms with Gasteiger partial charge in [-0.1, -0.05) is 59.1 Å². The number of benzene rings is 4. The summed E-state index contributed by atoms with van der Waals surface area (Å²) >= 11 is 9.99. The first-order valence-electron chi connectivity index (χ1n) is 30.5. The molecule has 1 saturated carbocycles. The van der Waals surface area contributed by atoms with Crippen molar-refractivity contribution in [3.8, 4) is 11.5 Å². The van der Waals surface area contributed by atoms with Crippen LogP contribution in [0.2, 0.25) is 5.02 Å². The minimum absolute atomic E-state index is 0.0342. The van der Waals surface area contributed by atoms with E-state index in [0.29, 0.717) is 62.1 Å². The van der Waals surface area contributed by atoms with Gasteiger partial charge < -0.3 is 30.0 Å². The maximum Gasteiger partial charge on any atom is 0.268 e. The zero-order valence-electron chi connectivity index (χ0n) is 49.7. The topological polar surface area (TPSA) is 240 Å². The number of allylic oxidation sites excluding steroid dienone is 1. The summed E-state index contributed by atoms with van der Waals surface area (Å²) in [6.45, 7) is 15.0. The molecule has 2 unspecified atom stereocenters. The van der Waals surface area contributed by atoms with Crippen molar-refractivity contribution in [1.29, 1.82) is 0 Å². The Morgan fingerprint density at radius 1 is 0.920 bits per heavy atom. The molecule has 20 nitrogen and oxygen atoms in total. The number of quaternary nitrogens is 1. The number of hydrogen-bond donors (Lipinski definition) is 6. The third kappa shape index (κ3) is 13.6. The van der Waals surface area contributed by atoms with Crippen LogP contribution in [-0.2, 0) is 32.7 Å². The minimum atomic E-state index is -4.59. The summed E-state index contributed by atoms with van der Waals surface area (Å²) in [6, 6.07) is 24.8. The highest BCUT2D eigenvalue weighted by Crippen LogP contribution is 2.44. The van der Waals surface area contributed by atoms with Crippen LogP contribution >= 0.6 is 27.5 Å². The molecule has 23 heteroatoms. The molecule has 4 aliphatic heterocycles. The fourth-order valence-electron chi connectivity index (χ4n) is 13.8. The molecule has 4 amide bonds. The number of nitrogens with one attached hydrogen (secondary N) is 5. The molecule has 12 rings (SSSR count). The second kappa shape index (κ2) is 25.6. The van der Waals surface area contributed by atoms with Gasteiger partial charge in [0, 0.05) is 135 Å². The molecule has 2 aliphatic carbocycles. The fraction of sp³-hybridized carbons (Fsp3) is 0.431. The van der Waals surface area contributed by atoms with Gasteiger partial charge in [-0.3, -0.25) is 39.2 Å². The van der Waals surface area contributed by atoms with Crippen LogP contribution < -0.4 is 30.2 Å². The van der Waals surface area contributed by atoms with Gasteiger partial charge in [0.15, 0.2) is 5.69 Å². The number of ether oxygens (including phenoxy) is 1. The van der Waals surface area contributed by atoms with E-state index in [0.717, 1.165) is 122 Å². The first-order valence-corrected chi connectivity index (χ1v) is 33.2. The number of fused-ring (bicyclic) bond motifs is 2. The quantitative estimate of drug-likeness (QED) is 0.0369. The highest BCUT2D eigenvalue weighted by atomic mass is 79.9. The number of amides is 4. The Morgan fingerprint density at radius 2 is 1.70 bits per heavy atom. The van der Waals surface area contributed by atoms with Crippen molar-refractivity contribution in [1.82, 2.24) is 39.6 Å². The van der Waals surface area contributed by atoms with Crippen LogP contribution in [0, 0.1) is 16.5 Å². The number of pyridine rings is 1. The Morgan fingerprint density at radius 3 is 2.45 bits per heavy atom. The molecule has 6 aromatic rings. The minimum Gasteiger partial charge on any atom is -0.595 e. The molecule has 6 N–H and O–H groups in total. The average Bonchev–Trinajstić information content (AvgIpc) is 2.41. The van der Waals surface area contributed by atoms with Gasteiger partial charge in [0.25, 0.3) is 21.8 Å². The highest BCUT2D eigenvalue weighted by molar-refractivity contribution is 9.10. The molecule has 2 aromatic heterocycles. The van der Waals surface area contributed by atoms with Gasteiger partial charge in [-0.05, 0) is 153 Å². The van der Waals surface area contributed by atoms with Crippen molar-refractivity contribution in [2.24, 2.45) is 11.3 Å². The summed E-state index contributed by atoms with van der Waals surface area (Å²) < 4.78 is 37.6. The summed E-state index contributed by atoms with van der Waals surface area (Å²) in [7, 11) is -4.59. The molecule has 6 aliphatic rings. The number of aromatic amines is 1. The molecule has 6 heterocycles. The van der Waals surface area contributed by atoms with Crippen molar-refractivity contribution in [3.63, 3.8) is 0 Å². The number of halogens is 2. The lowest BCUT2D eigenvalue weighted by Crippen LogP contribution is -2.99. The number of H-pyrrole nitrogens is 1. The Balaban J connectivity index is 0.653. The summed E-state index contributed by atoms with van der Waals surface area (Å²) in [6.07, 6.45) is 10.8. The molecule has 0 bridgehead atoms. The number of hydrogen-bond acceptors (Lipinski definition) is 15. The Kier molecular flexibility index (Phi) is 17.9. The first-order chi connectivity index (χ1) is 42.2. The average molecular weight is 1300 g/mol. The number of anilines is 2. The van der Waals surface area contributed by atoms with E-state index in [1.54, 1.807) is 35.4 Å². The molecule has 3 atom stereocenters. The van der Waals surface area contributed by atoms with E-state index in [1.165, 1.54) is 35.0 Å². The third-order valence-corrected chi connectivity index (χ3v) is 21.1. The maximum atomic E-state index is 14.2. The van der Waals surface area contributed by atoms with E-state index in [1.807, 2.05) is 24.3 Å². The number of aromatic nitrogens is 2. The zero-order valence-corrected chi connectivity index (χ0v) is 52.9. The lowest BCUT2D eigenvalue weighted by Gasteiger charge is -2.45. The molecular weight excluding hydrogens is 1230 g/mol. The molecular formula is C65H75BrClN11O9S. The number of sulfonamides is 1. The summed E-state index contributed by atoms with van der Waals surface area (Å²) in [5.74, 6) is -1.13. The fourth-order valence-corrected chi connectivity index (χ4v) is 15.5. The summed E-state index contributed by atoms with van der Waals surface area (Å²) in [4.78, 5) is 70.7. The maximum absolute atomic E-state index is 14.2. The lowest BCUT2D eigenvalue weighted by molar-refractivity contribution is -0.990. The third-order valence-electron chi connectivity index (χ3n) is 18.9. The molecule has 4 aromatic carbocycles. The van der Waals surface area contributed by atoms with Crippen LogP contribution in [0.15, 0.2) is 112 Å². The number of carbonyl (C=O) groups is 4. The molecule has 0 radical (unpaired) electrons. The van der Waals surface area contributed by atoms with Gasteiger partial charge in [0.05, 0.1) is 22.3 Å². The number of imide groups is 1. The standard InChI is InChI=1S/C65H75BrClN11O9S/c1-40-36-76(27-26-75(40)37-42-28-52-54(55(66)29-42)39-77(64(52)82)57-16-17-60(79)71-63(57)81)47-10-4-41(5-11-47)34-69-56-15-13-50(32-58(56)78(83)84)88(85,86)72-62(80)51-14-12-48(31-59(51)87-49-30-44-19-21-68-61(44)70-35-49)74-24-22-73(23-25-74)38-45-18-20-65(2,3)33-53(45)43-6-8-46(67)9-7-43/h6-9,12-15,19,21,28-32,35,40-41,47,57,69,78,83H,4-5,10-11,16-18,20,22-27,33-34,36-39H2,1-3H3,(H,68,70)(H,72,80)(H,71,79,81)/t40-,41?,47?,57?/m1/s1. The second-order valence-corrected chi connectivity index (χ2v) is 28.4. The van der Waals surface area contributed by atoms with Gasteiger partial charge in [0.2, 0.25) is 11.8 Å². The Labute approximate surface area is 526 Å². The van der Waals surface area contributed by atoms with Crippen molar-refractivity contribution in [2.75, 3.05) is 69.1 Å². The SMILES string of the molecule is C[C@@H]1CN(C2CCC(CNc3ccc(S(=O)(=O)NC(=O)c4ccc(N5CCN(CC6=C(c7ccc(Cl)cc7)CC(C)(C)CC6)CC5)cc4Oc4cnc5[nH]ccc5c4)cc3[NH+]([O-])O)CC2)CCN1Cc1cc(Br)c2c(c1)C(=O)N(C1CCC(=O)NC1=O)C2. The van der Waals surface area contributed by atoms with Crippen LogP contribution in [0.3, 0.4) is 0 Å². The van der Waals surface area contributed by atoms with Gasteiger partial charge in [-0.2, -0.15) is 5.23 Å². The van der Waals surface area contributed by atoms with E-state index in [4.69, 9.17) is 16.3 Å². The van der Waals surface area contributed by atoms with Crippen LogP contribution in [0.4, 0.5) is 17.1 Å². The van der Waals surface area contributed by atoms with Crippen LogP contribution in [0.5, 0.6) is 11.5 Å². The zero-order chi connectivity index (χ0) is 61.6. The Hall–Kier alpha value is -6.73. The van der Waals surface area contributed by atoms with Crippen molar-refractivity contribution in [2.45, 2.75) is 115 Å². The number of nitrogens with zero attached hydrogens (tertiary/aromatic N) is 6. The van der Waals surface area contributed by atoms with Crippen LogP contribution in [0.25, 0.3) is 16.6 Å². The largest absolute Gasteiger partial charge is 0.595 e. The number of piperazine rings is 2. The van der Waals surface area contributed by atoms with Gasteiger partial charge >= 0.3 is 0 Å².